The molecule has 0 radical (unpaired) electrons. The summed E-state index contributed by atoms with van der Waals surface area (Å²) in [7, 11) is 0. The van der Waals surface area contributed by atoms with Gasteiger partial charge in [0.05, 0.1) is 12.7 Å². The predicted octanol–water partition coefficient (Wildman–Crippen LogP) is 0.169. The van der Waals surface area contributed by atoms with Crippen LogP contribution in [-0.2, 0) is 4.79 Å². The summed E-state index contributed by atoms with van der Waals surface area (Å²) in [6.07, 6.45) is 2.16. The van der Waals surface area contributed by atoms with Crippen molar-refractivity contribution in [2.24, 2.45) is 0 Å². The molecule has 1 atom stereocenters. The summed E-state index contributed by atoms with van der Waals surface area (Å²) in [5, 5.41) is 20.0. The van der Waals surface area contributed by atoms with Crippen LogP contribution in [0.4, 0.5) is 0 Å². The maximum Gasteiger partial charge on any atom is 0.244 e. The molecule has 0 saturated heterocycles. The molecule has 86 valence electrons. The summed E-state index contributed by atoms with van der Waals surface area (Å²) in [4.78, 5) is 11.2. The smallest absolute Gasteiger partial charge is 0.244 e. The second-order valence-electron chi connectivity index (χ2n) is 3.33. The molecule has 3 N–H and O–H groups in total. The minimum Gasteiger partial charge on any atom is -0.394 e. The second-order valence-corrected chi connectivity index (χ2v) is 3.33. The molecule has 0 unspecified atom stereocenters. The molecule has 0 aliphatic carbocycles. The number of aliphatic hydroxyl groups excluding tert-OH is 2. The number of benzene rings is 1. The standard InChI is InChI=1S/C12H15NO3/c14-9-11(15)8-13-12(16)7-6-10-4-2-1-3-5-10/h1-7,11,14-15H,8-9H2,(H,13,16)/b7-6+/t11-/m0/s1. The minimum absolute atomic E-state index is 0.0501. The third-order valence-electron chi connectivity index (χ3n) is 1.95. The van der Waals surface area contributed by atoms with Gasteiger partial charge < -0.3 is 15.5 Å². The van der Waals surface area contributed by atoms with Crippen LogP contribution in [0.15, 0.2) is 36.4 Å². The number of hydrogen-bond acceptors (Lipinski definition) is 3. The van der Waals surface area contributed by atoms with Gasteiger partial charge in [-0.3, -0.25) is 4.79 Å². The molecule has 16 heavy (non-hydrogen) atoms. The lowest BCUT2D eigenvalue weighted by Gasteiger charge is -2.06. The van der Waals surface area contributed by atoms with Gasteiger partial charge in [-0.15, -0.1) is 0 Å². The van der Waals surface area contributed by atoms with Crippen LogP contribution < -0.4 is 5.32 Å². The predicted molar refractivity (Wildman–Crippen MR) is 61.6 cm³/mol. The zero-order valence-corrected chi connectivity index (χ0v) is 8.84. The molecule has 0 bridgehead atoms. The van der Waals surface area contributed by atoms with E-state index < -0.39 is 6.10 Å². The number of amides is 1. The summed E-state index contributed by atoms with van der Waals surface area (Å²) in [5.41, 5.74) is 0.931. The van der Waals surface area contributed by atoms with Crippen LogP contribution in [0.1, 0.15) is 5.56 Å². The number of hydrogen-bond donors (Lipinski definition) is 3. The number of rotatable bonds is 5. The van der Waals surface area contributed by atoms with E-state index >= 15 is 0 Å². The molecule has 0 spiro atoms. The zero-order chi connectivity index (χ0) is 11.8. The molecule has 1 rings (SSSR count). The number of carbonyl (C=O) groups excluding carboxylic acids is 1. The first kappa shape index (κ1) is 12.4. The fourth-order valence-corrected chi connectivity index (χ4v) is 1.08. The molecule has 1 aromatic carbocycles. The van der Waals surface area contributed by atoms with Gasteiger partial charge in [-0.1, -0.05) is 30.3 Å². The zero-order valence-electron chi connectivity index (χ0n) is 8.84. The van der Waals surface area contributed by atoms with E-state index in [-0.39, 0.29) is 19.1 Å². The Morgan fingerprint density at radius 3 is 2.69 bits per heavy atom. The summed E-state index contributed by atoms with van der Waals surface area (Å²) in [5.74, 6) is -0.295. The highest BCUT2D eigenvalue weighted by molar-refractivity contribution is 5.91. The molecule has 1 aromatic rings. The maximum atomic E-state index is 11.2. The fourth-order valence-electron chi connectivity index (χ4n) is 1.08. The Morgan fingerprint density at radius 2 is 2.06 bits per heavy atom. The largest absolute Gasteiger partial charge is 0.394 e. The molecule has 0 aliphatic rings. The summed E-state index contributed by atoms with van der Waals surface area (Å²) >= 11 is 0. The number of aliphatic hydroxyl groups is 2. The van der Waals surface area contributed by atoms with Crippen molar-refractivity contribution < 1.29 is 15.0 Å². The highest BCUT2D eigenvalue weighted by Gasteiger charge is 2.02. The van der Waals surface area contributed by atoms with E-state index in [2.05, 4.69) is 5.32 Å². The first-order valence-electron chi connectivity index (χ1n) is 5.02. The molecule has 1 amide bonds. The summed E-state index contributed by atoms with van der Waals surface area (Å²) in [6, 6.07) is 9.42. The van der Waals surface area contributed by atoms with Crippen LogP contribution in [0.2, 0.25) is 0 Å². The van der Waals surface area contributed by atoms with E-state index in [0.717, 1.165) is 5.56 Å². The van der Waals surface area contributed by atoms with Gasteiger partial charge in [0.15, 0.2) is 0 Å². The van der Waals surface area contributed by atoms with Crippen molar-refractivity contribution in [1.29, 1.82) is 0 Å². The third kappa shape index (κ3) is 4.72. The van der Waals surface area contributed by atoms with Crippen LogP contribution in [0.25, 0.3) is 6.08 Å². The van der Waals surface area contributed by atoms with Gasteiger partial charge in [0.25, 0.3) is 0 Å². The van der Waals surface area contributed by atoms with Gasteiger partial charge in [-0.2, -0.15) is 0 Å². The average Bonchev–Trinajstić information content (AvgIpc) is 2.34. The Balaban J connectivity index is 2.37. The van der Waals surface area contributed by atoms with Crippen molar-refractivity contribution in [3.63, 3.8) is 0 Å². The van der Waals surface area contributed by atoms with Crippen molar-refractivity contribution in [2.45, 2.75) is 6.10 Å². The van der Waals surface area contributed by atoms with Gasteiger partial charge in [0.2, 0.25) is 5.91 Å². The average molecular weight is 221 g/mol. The quantitative estimate of drug-likeness (QED) is 0.621. The number of nitrogens with one attached hydrogen (secondary N) is 1. The van der Waals surface area contributed by atoms with Gasteiger partial charge in [0, 0.05) is 12.6 Å². The SMILES string of the molecule is O=C(/C=C/c1ccccc1)NC[C@H](O)CO. The maximum absolute atomic E-state index is 11.2. The topological polar surface area (TPSA) is 69.6 Å². The molecule has 4 heteroatoms. The molecule has 0 fully saturated rings. The van der Waals surface area contributed by atoms with Crippen molar-refractivity contribution >= 4 is 12.0 Å². The van der Waals surface area contributed by atoms with Crippen molar-refractivity contribution in [3.05, 3.63) is 42.0 Å². The van der Waals surface area contributed by atoms with Crippen molar-refractivity contribution in [3.8, 4) is 0 Å². The van der Waals surface area contributed by atoms with Crippen LogP contribution in [0.5, 0.6) is 0 Å². The van der Waals surface area contributed by atoms with E-state index in [1.54, 1.807) is 6.08 Å². The van der Waals surface area contributed by atoms with E-state index in [4.69, 9.17) is 10.2 Å². The minimum atomic E-state index is -0.908. The Bertz CT molecular complexity index is 349. The van der Waals surface area contributed by atoms with Crippen LogP contribution in [-0.4, -0.2) is 35.4 Å². The van der Waals surface area contributed by atoms with E-state index in [1.165, 1.54) is 6.08 Å². The molecular formula is C12H15NO3. The lowest BCUT2D eigenvalue weighted by Crippen LogP contribution is -2.32. The first-order valence-corrected chi connectivity index (χ1v) is 5.02. The molecule has 0 aromatic heterocycles. The third-order valence-corrected chi connectivity index (χ3v) is 1.95. The summed E-state index contributed by atoms with van der Waals surface area (Å²) in [6.45, 7) is -0.308. The van der Waals surface area contributed by atoms with Gasteiger partial charge in [0.1, 0.15) is 0 Å². The van der Waals surface area contributed by atoms with E-state index in [0.29, 0.717) is 0 Å². The van der Waals surface area contributed by atoms with Gasteiger partial charge in [-0.25, -0.2) is 0 Å². The first-order chi connectivity index (χ1) is 7.72. The molecule has 0 aliphatic heterocycles. The van der Waals surface area contributed by atoms with Crippen LogP contribution >= 0.6 is 0 Å². The fraction of sp³-hybridized carbons (Fsp3) is 0.250. The molecular weight excluding hydrogens is 206 g/mol. The highest BCUT2D eigenvalue weighted by atomic mass is 16.3. The highest BCUT2D eigenvalue weighted by Crippen LogP contribution is 2.00. The van der Waals surface area contributed by atoms with Crippen LogP contribution in [0.3, 0.4) is 0 Å². The second kappa shape index (κ2) is 6.76. The van der Waals surface area contributed by atoms with E-state index in [9.17, 15) is 4.79 Å². The Morgan fingerprint density at radius 1 is 1.38 bits per heavy atom. The summed E-state index contributed by atoms with van der Waals surface area (Å²) < 4.78 is 0. The normalized spacial score (nSPS) is 12.6. The lowest BCUT2D eigenvalue weighted by atomic mass is 10.2. The Hall–Kier alpha value is -1.65. The van der Waals surface area contributed by atoms with Crippen molar-refractivity contribution in [1.82, 2.24) is 5.32 Å². The Labute approximate surface area is 94.2 Å². The van der Waals surface area contributed by atoms with Crippen molar-refractivity contribution in [2.75, 3.05) is 13.2 Å². The molecule has 0 saturated carbocycles. The molecule has 0 heterocycles. The van der Waals surface area contributed by atoms with Gasteiger partial charge in [-0.05, 0) is 11.6 Å². The Kier molecular flexibility index (Phi) is 5.25. The number of carbonyl (C=O) groups is 1. The molecule has 4 nitrogen and oxygen atoms in total. The monoisotopic (exact) mass is 221 g/mol. The van der Waals surface area contributed by atoms with Gasteiger partial charge >= 0.3 is 0 Å². The van der Waals surface area contributed by atoms with E-state index in [1.807, 2.05) is 30.3 Å². The lowest BCUT2D eigenvalue weighted by molar-refractivity contribution is -0.117. The van der Waals surface area contributed by atoms with Crippen LogP contribution in [0, 0.1) is 0 Å².